The maximum atomic E-state index is 10.2. The summed E-state index contributed by atoms with van der Waals surface area (Å²) in [6.07, 6.45) is 11.5. The molecule has 1 heterocycles. The van der Waals surface area contributed by atoms with Gasteiger partial charge in [0.15, 0.2) is 5.84 Å². The van der Waals surface area contributed by atoms with E-state index in [1.807, 2.05) is 83.0 Å². The molecular weight excluding hydrogens is 486 g/mol. The molecule has 39 heavy (non-hydrogen) atoms. The van der Waals surface area contributed by atoms with Crippen molar-refractivity contribution in [2.24, 2.45) is 5.10 Å². The summed E-state index contributed by atoms with van der Waals surface area (Å²) in [5.74, 6) is 0.0603. The molecule has 0 spiro atoms. The molecule has 7 nitrogen and oxygen atoms in total. The number of nitriles is 1. The first-order valence-corrected chi connectivity index (χ1v) is 13.9. The molecule has 0 bridgehead atoms. The summed E-state index contributed by atoms with van der Waals surface area (Å²) in [4.78, 5) is 10.2. The van der Waals surface area contributed by atoms with E-state index in [0.29, 0.717) is 12.0 Å². The fourth-order valence-corrected chi connectivity index (χ4v) is 4.20. The second-order valence-electron chi connectivity index (χ2n) is 9.49. The van der Waals surface area contributed by atoms with Crippen molar-refractivity contribution in [1.82, 2.24) is 5.43 Å². The third kappa shape index (κ3) is 9.82. The maximum absolute atomic E-state index is 10.2. The number of carbonyl (C=O) groups is 1. The van der Waals surface area contributed by atoms with Gasteiger partial charge in [0, 0.05) is 12.0 Å². The average molecular weight is 526 g/mol. The molecule has 1 aliphatic rings. The summed E-state index contributed by atoms with van der Waals surface area (Å²) in [5.41, 5.74) is 6.80. The van der Waals surface area contributed by atoms with Gasteiger partial charge in [0.1, 0.15) is 0 Å². The first-order chi connectivity index (χ1) is 19.1. The minimum Gasteiger partial charge on any atom is -0.481 e. The number of hydrazine groups is 2. The Kier molecular flexibility index (Phi) is 12.4. The van der Waals surface area contributed by atoms with Gasteiger partial charge in [-0.15, -0.1) is 5.10 Å². The average Bonchev–Trinajstić information content (AvgIpc) is 3.43. The zero-order valence-electron chi connectivity index (χ0n) is 22.8. The van der Waals surface area contributed by atoms with Crippen molar-refractivity contribution in [3.05, 3.63) is 96.1 Å². The molecule has 0 unspecified atom stereocenters. The van der Waals surface area contributed by atoms with Crippen LogP contribution in [0.4, 0.5) is 11.4 Å². The molecule has 0 fully saturated rings. The highest BCUT2D eigenvalue weighted by atomic mass is 16.4. The van der Waals surface area contributed by atoms with Crippen LogP contribution < -0.4 is 15.7 Å². The molecule has 4 rings (SSSR count). The number of amidine groups is 1. The third-order valence-corrected chi connectivity index (χ3v) is 6.37. The molecular formula is C32H39N5O2. The van der Waals surface area contributed by atoms with Crippen LogP contribution in [0, 0.1) is 11.3 Å². The predicted molar refractivity (Wildman–Crippen MR) is 158 cm³/mol. The smallest absolute Gasteiger partial charge is 0.303 e. The van der Waals surface area contributed by atoms with Crippen molar-refractivity contribution < 1.29 is 9.90 Å². The number of rotatable bonds is 13. The number of carboxylic acids is 1. The second-order valence-corrected chi connectivity index (χ2v) is 9.49. The lowest BCUT2D eigenvalue weighted by Gasteiger charge is -2.27. The largest absolute Gasteiger partial charge is 0.481 e. The van der Waals surface area contributed by atoms with Crippen molar-refractivity contribution in [2.45, 2.75) is 71.1 Å². The van der Waals surface area contributed by atoms with E-state index >= 15 is 0 Å². The Morgan fingerprint density at radius 1 is 0.795 bits per heavy atom. The van der Waals surface area contributed by atoms with Crippen LogP contribution in [0.2, 0.25) is 0 Å². The van der Waals surface area contributed by atoms with Crippen molar-refractivity contribution in [3.63, 3.8) is 0 Å². The fourth-order valence-electron chi connectivity index (χ4n) is 4.20. The Bertz CT molecular complexity index is 1190. The second kappa shape index (κ2) is 16.5. The molecule has 0 aliphatic carbocycles. The number of nitrogens with zero attached hydrogens (tertiary/aromatic N) is 4. The molecule has 204 valence electrons. The van der Waals surface area contributed by atoms with Crippen LogP contribution in [-0.2, 0) is 4.79 Å². The van der Waals surface area contributed by atoms with Crippen molar-refractivity contribution >= 4 is 23.2 Å². The molecule has 0 atom stereocenters. The first kappa shape index (κ1) is 29.2. The topological polar surface area (TPSA) is 92.0 Å². The number of nitrogens with one attached hydrogen (secondary N) is 1. The van der Waals surface area contributed by atoms with Crippen LogP contribution in [-0.4, -0.2) is 16.9 Å². The number of aliphatic carboxylic acids is 1. The molecule has 7 heteroatoms. The summed E-state index contributed by atoms with van der Waals surface area (Å²) in [6.45, 7) is 2.23. The Morgan fingerprint density at radius 3 is 1.87 bits per heavy atom. The molecule has 0 saturated carbocycles. The van der Waals surface area contributed by atoms with E-state index in [-0.39, 0.29) is 0 Å². The minimum atomic E-state index is -0.659. The first-order valence-electron chi connectivity index (χ1n) is 13.9. The standard InChI is InChI=1S/C20H15N5.C12H24O2/c21-15-16-11-13-17(14-12-16)20-22-24(18-7-3-1-4-8-18)25(23-20)19-9-5-2-6-10-19;1-2-3-4-5-6-7-8-9-10-11-12(13)14/h1-14H,(H,22,23);2-11H2,1H3,(H,13,14). The van der Waals surface area contributed by atoms with E-state index < -0.39 is 5.97 Å². The maximum Gasteiger partial charge on any atom is 0.303 e. The highest BCUT2D eigenvalue weighted by molar-refractivity contribution is 6.02. The van der Waals surface area contributed by atoms with Crippen LogP contribution >= 0.6 is 0 Å². The third-order valence-electron chi connectivity index (χ3n) is 6.37. The van der Waals surface area contributed by atoms with Gasteiger partial charge < -0.3 is 5.11 Å². The van der Waals surface area contributed by atoms with E-state index in [2.05, 4.69) is 18.4 Å². The Morgan fingerprint density at radius 2 is 1.33 bits per heavy atom. The molecule has 1 aliphatic heterocycles. The number of hydrogen-bond acceptors (Lipinski definition) is 6. The highest BCUT2D eigenvalue weighted by Gasteiger charge is 2.26. The number of unbranched alkanes of at least 4 members (excludes halogenated alkanes) is 8. The Balaban J connectivity index is 0.000000258. The lowest BCUT2D eigenvalue weighted by Crippen LogP contribution is -2.44. The Labute approximate surface area is 232 Å². The van der Waals surface area contributed by atoms with Crippen LogP contribution in [0.25, 0.3) is 0 Å². The summed E-state index contributed by atoms with van der Waals surface area (Å²) in [7, 11) is 0. The van der Waals surface area contributed by atoms with E-state index in [4.69, 9.17) is 15.5 Å². The van der Waals surface area contributed by atoms with Gasteiger partial charge in [-0.05, 0) is 55.0 Å². The summed E-state index contributed by atoms with van der Waals surface area (Å²) >= 11 is 0. The van der Waals surface area contributed by atoms with Gasteiger partial charge in [-0.2, -0.15) is 15.5 Å². The van der Waals surface area contributed by atoms with E-state index in [1.165, 1.54) is 44.9 Å². The summed E-state index contributed by atoms with van der Waals surface area (Å²) < 4.78 is 0. The lowest BCUT2D eigenvalue weighted by molar-refractivity contribution is -0.137. The van der Waals surface area contributed by atoms with Gasteiger partial charge in [-0.25, -0.2) is 0 Å². The van der Waals surface area contributed by atoms with Crippen LogP contribution in [0.5, 0.6) is 0 Å². The van der Waals surface area contributed by atoms with Gasteiger partial charge in [-0.1, -0.05) is 94.7 Å². The summed E-state index contributed by atoms with van der Waals surface area (Å²) in [5, 5.41) is 25.8. The van der Waals surface area contributed by atoms with E-state index in [1.54, 1.807) is 12.1 Å². The molecule has 3 aromatic rings. The Hall–Kier alpha value is -4.31. The number of hydrazone groups is 1. The van der Waals surface area contributed by atoms with Crippen molar-refractivity contribution in [1.29, 1.82) is 5.26 Å². The zero-order chi connectivity index (χ0) is 27.7. The highest BCUT2D eigenvalue weighted by Crippen LogP contribution is 2.25. The molecule has 2 N–H and O–H groups in total. The van der Waals surface area contributed by atoms with E-state index in [0.717, 1.165) is 35.6 Å². The monoisotopic (exact) mass is 525 g/mol. The van der Waals surface area contributed by atoms with Crippen molar-refractivity contribution in [3.8, 4) is 6.07 Å². The predicted octanol–water partition coefficient (Wildman–Crippen LogP) is 7.66. The quantitative estimate of drug-likeness (QED) is 0.223. The van der Waals surface area contributed by atoms with Gasteiger partial charge in [0.05, 0.1) is 23.0 Å². The zero-order valence-corrected chi connectivity index (χ0v) is 22.8. The van der Waals surface area contributed by atoms with Gasteiger partial charge in [-0.3, -0.25) is 10.2 Å². The van der Waals surface area contributed by atoms with Crippen LogP contribution in [0.15, 0.2) is 90.0 Å². The molecule has 0 saturated heterocycles. The fraction of sp³-hybridized carbons (Fsp3) is 0.344. The van der Waals surface area contributed by atoms with Gasteiger partial charge in [0.2, 0.25) is 0 Å². The number of benzene rings is 3. The number of anilines is 2. The number of para-hydroxylation sites is 2. The van der Waals surface area contributed by atoms with E-state index in [9.17, 15) is 4.79 Å². The molecule has 0 radical (unpaired) electrons. The SMILES string of the molecule is CCCCCCCCCCCC(=O)O.N#Cc1ccc(C2=NN(c3ccccc3)N(c3ccccc3)N2)cc1. The van der Waals surface area contributed by atoms with Crippen LogP contribution in [0.3, 0.4) is 0 Å². The van der Waals surface area contributed by atoms with Crippen LogP contribution in [0.1, 0.15) is 82.3 Å². The molecule has 0 aromatic heterocycles. The van der Waals surface area contributed by atoms with Gasteiger partial charge >= 0.3 is 5.97 Å². The van der Waals surface area contributed by atoms with Crippen molar-refractivity contribution in [2.75, 3.05) is 10.2 Å². The number of carboxylic acid groups (broad SMARTS) is 1. The molecule has 0 amide bonds. The van der Waals surface area contributed by atoms with Gasteiger partial charge in [0.25, 0.3) is 0 Å². The molecule has 3 aromatic carbocycles. The lowest BCUT2D eigenvalue weighted by atomic mass is 10.1. The minimum absolute atomic E-state index is 0.343. The normalized spacial score (nSPS) is 12.2. The summed E-state index contributed by atoms with van der Waals surface area (Å²) in [6, 6.07) is 29.4. The number of hydrogen-bond donors (Lipinski definition) is 2.